The van der Waals surface area contributed by atoms with Crippen molar-refractivity contribution in [1.82, 2.24) is 0 Å². The van der Waals surface area contributed by atoms with Crippen molar-refractivity contribution >= 4 is 17.6 Å². The number of anilines is 1. The number of rotatable bonds is 6. The highest BCUT2D eigenvalue weighted by atomic mass is 19.4. The third kappa shape index (κ3) is 5.84. The van der Waals surface area contributed by atoms with Crippen LogP contribution in [-0.4, -0.2) is 24.5 Å². The summed E-state index contributed by atoms with van der Waals surface area (Å²) in [5.74, 6) is -1.17. The number of ether oxygens (including phenoxy) is 1. The number of halogens is 3. The molecule has 0 atom stereocenters. The van der Waals surface area contributed by atoms with Gasteiger partial charge in [0.25, 0.3) is 5.91 Å². The molecule has 0 radical (unpaired) electrons. The maximum atomic E-state index is 12.7. The van der Waals surface area contributed by atoms with E-state index in [1.54, 1.807) is 24.3 Å². The number of para-hydroxylation sites is 1. The van der Waals surface area contributed by atoms with Gasteiger partial charge < -0.3 is 9.64 Å². The molecule has 0 unspecified atom stereocenters. The van der Waals surface area contributed by atoms with Gasteiger partial charge in [-0.15, -0.1) is 0 Å². The molecule has 7 heteroatoms. The first-order valence-corrected chi connectivity index (χ1v) is 8.37. The summed E-state index contributed by atoms with van der Waals surface area (Å²) in [5.41, 5.74) is 0.0106. The normalized spacial score (nSPS) is 11.3. The molecule has 0 saturated heterocycles. The Morgan fingerprint density at radius 2 is 1.70 bits per heavy atom. The molecular formula is C20H20F3NO3. The van der Waals surface area contributed by atoms with Crippen molar-refractivity contribution in [2.45, 2.75) is 32.5 Å². The number of nitrogens with zero attached hydrogens (tertiary/aromatic N) is 1. The first-order valence-electron chi connectivity index (χ1n) is 8.37. The molecule has 27 heavy (non-hydrogen) atoms. The van der Waals surface area contributed by atoms with Crippen LogP contribution in [0.3, 0.4) is 0 Å². The Morgan fingerprint density at radius 3 is 2.30 bits per heavy atom. The zero-order valence-corrected chi connectivity index (χ0v) is 15.0. The van der Waals surface area contributed by atoms with Crippen molar-refractivity contribution in [3.8, 4) is 0 Å². The fraction of sp³-hybridized carbons (Fsp3) is 0.300. The summed E-state index contributed by atoms with van der Waals surface area (Å²) in [5, 5.41) is 0. The Morgan fingerprint density at radius 1 is 1.04 bits per heavy atom. The van der Waals surface area contributed by atoms with Gasteiger partial charge in [0.1, 0.15) is 0 Å². The van der Waals surface area contributed by atoms with Crippen LogP contribution in [0, 0.1) is 0 Å². The van der Waals surface area contributed by atoms with E-state index in [1.807, 2.05) is 19.9 Å². The topological polar surface area (TPSA) is 46.6 Å². The van der Waals surface area contributed by atoms with E-state index in [1.165, 1.54) is 17.0 Å². The maximum Gasteiger partial charge on any atom is 0.416 e. The quantitative estimate of drug-likeness (QED) is 0.706. The van der Waals surface area contributed by atoms with Crippen LogP contribution in [0.15, 0.2) is 54.6 Å². The molecule has 2 aromatic rings. The molecule has 0 bridgehead atoms. The molecule has 0 aromatic heterocycles. The highest BCUT2D eigenvalue weighted by Crippen LogP contribution is 2.29. The summed E-state index contributed by atoms with van der Waals surface area (Å²) < 4.78 is 43.1. The van der Waals surface area contributed by atoms with Gasteiger partial charge >= 0.3 is 12.1 Å². The van der Waals surface area contributed by atoms with E-state index in [0.717, 1.165) is 12.1 Å². The fourth-order valence-electron chi connectivity index (χ4n) is 2.61. The van der Waals surface area contributed by atoms with Crippen LogP contribution in [0.25, 0.3) is 0 Å². The van der Waals surface area contributed by atoms with Crippen LogP contribution in [0.2, 0.25) is 0 Å². The first kappa shape index (κ1) is 20.5. The summed E-state index contributed by atoms with van der Waals surface area (Å²) in [6.07, 6.45) is -4.83. The second-order valence-electron chi connectivity index (χ2n) is 6.23. The van der Waals surface area contributed by atoms with Gasteiger partial charge in [0.05, 0.1) is 12.0 Å². The average Bonchev–Trinajstić information content (AvgIpc) is 2.60. The van der Waals surface area contributed by atoms with Crippen LogP contribution >= 0.6 is 0 Å². The summed E-state index contributed by atoms with van der Waals surface area (Å²) in [6.45, 7) is 3.18. The number of hydrogen-bond donors (Lipinski definition) is 0. The smallest absolute Gasteiger partial charge is 0.416 e. The lowest BCUT2D eigenvalue weighted by Crippen LogP contribution is -2.40. The fourth-order valence-corrected chi connectivity index (χ4v) is 2.61. The van der Waals surface area contributed by atoms with Crippen LogP contribution in [0.1, 0.15) is 25.0 Å². The zero-order chi connectivity index (χ0) is 20.0. The van der Waals surface area contributed by atoms with Gasteiger partial charge in [-0.25, -0.2) is 0 Å². The minimum absolute atomic E-state index is 0.151. The Kier molecular flexibility index (Phi) is 6.60. The SMILES string of the molecule is CC(C)N(C(=O)COC(=O)Cc1cccc(C(F)(F)F)c1)c1ccccc1. The number of carbonyl (C=O) groups is 2. The average molecular weight is 379 g/mol. The van der Waals surface area contributed by atoms with E-state index >= 15 is 0 Å². The summed E-state index contributed by atoms with van der Waals surface area (Å²) in [4.78, 5) is 25.9. The molecule has 2 rings (SSSR count). The molecule has 0 heterocycles. The Hall–Kier alpha value is -2.83. The van der Waals surface area contributed by atoms with E-state index in [4.69, 9.17) is 4.74 Å². The van der Waals surface area contributed by atoms with Crippen molar-refractivity contribution in [1.29, 1.82) is 0 Å². The maximum absolute atomic E-state index is 12.7. The van der Waals surface area contributed by atoms with Crippen molar-refractivity contribution in [3.05, 3.63) is 65.7 Å². The second kappa shape index (κ2) is 8.70. The molecule has 0 spiro atoms. The molecule has 0 saturated carbocycles. The zero-order valence-electron chi connectivity index (χ0n) is 15.0. The Labute approximate surface area is 155 Å². The van der Waals surface area contributed by atoms with Crippen LogP contribution in [0.5, 0.6) is 0 Å². The third-order valence-corrected chi connectivity index (χ3v) is 3.78. The minimum Gasteiger partial charge on any atom is -0.455 e. The predicted molar refractivity (Wildman–Crippen MR) is 95.2 cm³/mol. The molecule has 0 aliphatic heterocycles. The predicted octanol–water partition coefficient (Wildman–Crippen LogP) is 4.23. The van der Waals surface area contributed by atoms with E-state index in [9.17, 15) is 22.8 Å². The summed E-state index contributed by atoms with van der Waals surface area (Å²) in [7, 11) is 0. The molecule has 4 nitrogen and oxygen atoms in total. The number of alkyl halides is 3. The van der Waals surface area contributed by atoms with Gasteiger partial charge in [-0.1, -0.05) is 36.4 Å². The molecule has 2 aromatic carbocycles. The van der Waals surface area contributed by atoms with Crippen molar-refractivity contribution in [2.24, 2.45) is 0 Å². The van der Waals surface area contributed by atoms with Gasteiger partial charge in [-0.3, -0.25) is 9.59 Å². The molecular weight excluding hydrogens is 359 g/mol. The van der Waals surface area contributed by atoms with E-state index in [-0.39, 0.29) is 18.0 Å². The number of esters is 1. The van der Waals surface area contributed by atoms with Gasteiger partial charge in [-0.05, 0) is 37.6 Å². The third-order valence-electron chi connectivity index (χ3n) is 3.78. The molecule has 144 valence electrons. The van der Waals surface area contributed by atoms with Crippen molar-refractivity contribution in [2.75, 3.05) is 11.5 Å². The Bertz CT molecular complexity index is 789. The lowest BCUT2D eigenvalue weighted by molar-refractivity contribution is -0.147. The number of hydrogen-bond acceptors (Lipinski definition) is 3. The van der Waals surface area contributed by atoms with Gasteiger partial charge in [0.15, 0.2) is 6.61 Å². The van der Waals surface area contributed by atoms with E-state index in [0.29, 0.717) is 5.69 Å². The molecule has 0 aliphatic carbocycles. The van der Waals surface area contributed by atoms with Crippen molar-refractivity contribution < 1.29 is 27.5 Å². The molecule has 0 fully saturated rings. The first-order chi connectivity index (χ1) is 12.7. The molecule has 0 N–H and O–H groups in total. The highest BCUT2D eigenvalue weighted by Gasteiger charge is 2.30. The second-order valence-corrected chi connectivity index (χ2v) is 6.23. The molecule has 1 amide bonds. The van der Waals surface area contributed by atoms with Crippen LogP contribution in [-0.2, 0) is 26.9 Å². The lowest BCUT2D eigenvalue weighted by Gasteiger charge is -2.26. The van der Waals surface area contributed by atoms with Gasteiger partial charge in [0.2, 0.25) is 0 Å². The van der Waals surface area contributed by atoms with E-state index in [2.05, 4.69) is 0 Å². The Balaban J connectivity index is 1.97. The van der Waals surface area contributed by atoms with Crippen LogP contribution < -0.4 is 4.90 Å². The standard InChI is InChI=1S/C20H20F3NO3/c1-14(2)24(17-9-4-3-5-10-17)18(25)13-27-19(26)12-15-7-6-8-16(11-15)20(21,22)23/h3-11,14H,12-13H2,1-2H3. The number of carbonyl (C=O) groups excluding carboxylic acids is 2. The summed E-state index contributed by atoms with van der Waals surface area (Å²) in [6, 6.07) is 13.2. The van der Waals surface area contributed by atoms with Crippen LogP contribution in [0.4, 0.5) is 18.9 Å². The number of amides is 1. The van der Waals surface area contributed by atoms with Gasteiger partial charge in [0, 0.05) is 11.7 Å². The highest BCUT2D eigenvalue weighted by molar-refractivity contribution is 5.95. The van der Waals surface area contributed by atoms with E-state index < -0.39 is 30.2 Å². The largest absolute Gasteiger partial charge is 0.455 e. The van der Waals surface area contributed by atoms with Gasteiger partial charge in [-0.2, -0.15) is 13.2 Å². The minimum atomic E-state index is -4.48. The lowest BCUT2D eigenvalue weighted by atomic mass is 10.1. The monoisotopic (exact) mass is 379 g/mol. The number of benzene rings is 2. The van der Waals surface area contributed by atoms with Crippen molar-refractivity contribution in [3.63, 3.8) is 0 Å². The summed E-state index contributed by atoms with van der Waals surface area (Å²) >= 11 is 0. The molecule has 0 aliphatic rings.